The van der Waals surface area contributed by atoms with Crippen molar-refractivity contribution in [1.29, 1.82) is 0 Å². The number of aliphatic hydroxyl groups excluding tert-OH is 1. The summed E-state index contributed by atoms with van der Waals surface area (Å²) in [6.45, 7) is 9.14. The molecule has 202 valence electrons. The molecule has 0 bridgehead atoms. The second-order valence-electron chi connectivity index (χ2n) is 8.01. The molecule has 0 aliphatic carbocycles. The zero-order valence-corrected chi connectivity index (χ0v) is 22.2. The molecule has 2 aromatic rings. The predicted octanol–water partition coefficient (Wildman–Crippen LogP) is 4.77. The maximum Gasteiger partial charge on any atom is 0.335 e. The zero-order valence-electron chi connectivity index (χ0n) is 21.4. The average Bonchev–Trinajstić information content (AvgIpc) is 2.92. The molecule has 0 fully saturated rings. The van der Waals surface area contributed by atoms with E-state index >= 15 is 0 Å². The Bertz CT molecular complexity index is 1120. The summed E-state index contributed by atoms with van der Waals surface area (Å²) >= 11 is 1.11. The van der Waals surface area contributed by atoms with Crippen LogP contribution in [0.2, 0.25) is 0 Å². The van der Waals surface area contributed by atoms with Gasteiger partial charge in [-0.15, -0.1) is 0 Å². The molecule has 0 spiro atoms. The molecule has 0 amide bonds. The molecule has 1 N–H and O–H groups in total. The van der Waals surface area contributed by atoms with Gasteiger partial charge in [0.1, 0.15) is 24.7 Å². The van der Waals surface area contributed by atoms with Gasteiger partial charge in [0, 0.05) is 10.5 Å². The van der Waals surface area contributed by atoms with Gasteiger partial charge in [0.25, 0.3) is 0 Å². The molecule has 0 aliphatic rings. The molecule has 0 saturated carbocycles. The SMILES string of the molecule is C=C(C)C(=O)OCCOc1ccc(/C=C/C(=O)Sc2ccc(OCCCCOC(=O)C(=C)CO)cc2)cc1. The molecule has 0 atom stereocenters. The Morgan fingerprint density at radius 3 is 2.03 bits per heavy atom. The Balaban J connectivity index is 1.66. The van der Waals surface area contributed by atoms with Gasteiger partial charge in [-0.3, -0.25) is 4.79 Å². The van der Waals surface area contributed by atoms with Gasteiger partial charge in [-0.25, -0.2) is 9.59 Å². The second kappa shape index (κ2) is 16.8. The van der Waals surface area contributed by atoms with Crippen LogP contribution in [0.3, 0.4) is 0 Å². The first-order valence-electron chi connectivity index (χ1n) is 11.9. The van der Waals surface area contributed by atoms with Crippen LogP contribution in [0.15, 0.2) is 83.8 Å². The highest BCUT2D eigenvalue weighted by atomic mass is 32.2. The predicted molar refractivity (Wildman–Crippen MR) is 146 cm³/mol. The summed E-state index contributed by atoms with van der Waals surface area (Å²) < 4.78 is 21.1. The fraction of sp³-hybridized carbons (Fsp3) is 0.276. The minimum atomic E-state index is -0.592. The molecule has 8 nitrogen and oxygen atoms in total. The lowest BCUT2D eigenvalue weighted by atomic mass is 10.2. The topological polar surface area (TPSA) is 108 Å². The van der Waals surface area contributed by atoms with Crippen molar-refractivity contribution < 1.29 is 38.4 Å². The third-order valence-corrected chi connectivity index (χ3v) is 5.63. The number of esters is 2. The van der Waals surface area contributed by atoms with E-state index < -0.39 is 18.5 Å². The Labute approximate surface area is 226 Å². The summed E-state index contributed by atoms with van der Waals surface area (Å²) in [6.07, 6.45) is 4.55. The summed E-state index contributed by atoms with van der Waals surface area (Å²) in [7, 11) is 0. The van der Waals surface area contributed by atoms with Crippen molar-refractivity contribution in [3.8, 4) is 11.5 Å². The molecule has 0 aromatic heterocycles. The van der Waals surface area contributed by atoms with Gasteiger partial charge < -0.3 is 24.1 Å². The van der Waals surface area contributed by atoms with Gasteiger partial charge in [-0.1, -0.05) is 31.4 Å². The van der Waals surface area contributed by atoms with E-state index in [2.05, 4.69) is 13.2 Å². The number of carbonyl (C=O) groups excluding carboxylic acids is 3. The number of hydrogen-bond acceptors (Lipinski definition) is 9. The summed E-state index contributed by atoms with van der Waals surface area (Å²) in [6, 6.07) is 14.4. The Morgan fingerprint density at radius 1 is 0.816 bits per heavy atom. The van der Waals surface area contributed by atoms with Gasteiger partial charge in [0.2, 0.25) is 5.12 Å². The fourth-order valence-electron chi connectivity index (χ4n) is 2.74. The number of rotatable bonds is 16. The number of aliphatic hydroxyl groups is 1. The van der Waals surface area contributed by atoms with Gasteiger partial charge in [-0.05, 0) is 79.6 Å². The summed E-state index contributed by atoms with van der Waals surface area (Å²) in [4.78, 5) is 35.8. The van der Waals surface area contributed by atoms with Crippen molar-refractivity contribution in [3.63, 3.8) is 0 Å². The molecule has 2 rings (SSSR count). The number of unbranched alkanes of at least 4 members (excludes halogenated alkanes) is 1. The largest absolute Gasteiger partial charge is 0.494 e. The van der Waals surface area contributed by atoms with Crippen LogP contribution in [0.4, 0.5) is 0 Å². The van der Waals surface area contributed by atoms with Crippen LogP contribution < -0.4 is 9.47 Å². The van der Waals surface area contributed by atoms with Crippen molar-refractivity contribution in [2.45, 2.75) is 24.7 Å². The molecule has 0 unspecified atom stereocenters. The van der Waals surface area contributed by atoms with E-state index in [1.807, 2.05) is 24.3 Å². The van der Waals surface area contributed by atoms with Crippen LogP contribution >= 0.6 is 11.8 Å². The smallest absolute Gasteiger partial charge is 0.335 e. The van der Waals surface area contributed by atoms with Crippen LogP contribution in [0.25, 0.3) is 6.08 Å². The molecule has 0 saturated heterocycles. The monoisotopic (exact) mass is 540 g/mol. The molecule has 0 aliphatic heterocycles. The maximum atomic E-state index is 12.3. The second-order valence-corrected chi connectivity index (χ2v) is 9.09. The van der Waals surface area contributed by atoms with Gasteiger partial charge in [0.05, 0.1) is 25.4 Å². The highest BCUT2D eigenvalue weighted by Crippen LogP contribution is 2.23. The quantitative estimate of drug-likeness (QED) is 0.139. The highest BCUT2D eigenvalue weighted by molar-refractivity contribution is 8.14. The zero-order chi connectivity index (χ0) is 27.8. The molecular formula is C29H32O8S. The van der Waals surface area contributed by atoms with Crippen LogP contribution in [-0.2, 0) is 23.9 Å². The summed E-state index contributed by atoms with van der Waals surface area (Å²) in [5.41, 5.74) is 1.22. The fourth-order valence-corrected chi connectivity index (χ4v) is 3.38. The number of thioether (sulfide) groups is 1. The number of carbonyl (C=O) groups is 3. The van der Waals surface area contributed by atoms with Gasteiger partial charge >= 0.3 is 11.9 Å². The standard InChI is InChI=1S/C29H32O8S/c1-21(2)28(32)37-19-18-35-24-9-6-23(7-10-24)8-15-27(31)38-26-13-11-25(12-14-26)34-16-4-5-17-36-29(33)22(3)20-30/h6-15,30H,1,3-5,16-20H2,2H3/b15-8+. The minimum absolute atomic E-state index is 0.0333. The molecule has 38 heavy (non-hydrogen) atoms. The Hall–Kier alpha value is -3.82. The lowest BCUT2D eigenvalue weighted by molar-refractivity contribution is -0.140. The Morgan fingerprint density at radius 2 is 1.39 bits per heavy atom. The van der Waals surface area contributed by atoms with Crippen LogP contribution in [0.5, 0.6) is 11.5 Å². The van der Waals surface area contributed by atoms with Crippen molar-refractivity contribution in [1.82, 2.24) is 0 Å². The van der Waals surface area contributed by atoms with Crippen molar-refractivity contribution in [2.24, 2.45) is 0 Å². The highest BCUT2D eigenvalue weighted by Gasteiger charge is 2.07. The van der Waals surface area contributed by atoms with E-state index in [0.29, 0.717) is 36.5 Å². The third-order valence-electron chi connectivity index (χ3n) is 4.79. The van der Waals surface area contributed by atoms with Crippen molar-refractivity contribution in [3.05, 3.63) is 84.5 Å². The van der Waals surface area contributed by atoms with Crippen molar-refractivity contribution >= 4 is 34.9 Å². The first kappa shape index (κ1) is 30.4. The number of benzene rings is 2. The van der Waals surface area contributed by atoms with E-state index in [9.17, 15) is 14.4 Å². The molecular weight excluding hydrogens is 508 g/mol. The van der Waals surface area contributed by atoms with E-state index in [4.69, 9.17) is 24.1 Å². The first-order chi connectivity index (χ1) is 18.3. The van der Waals surface area contributed by atoms with E-state index in [0.717, 1.165) is 22.2 Å². The first-order valence-corrected chi connectivity index (χ1v) is 12.7. The number of ether oxygens (including phenoxy) is 4. The molecule has 0 heterocycles. The summed E-state index contributed by atoms with van der Waals surface area (Å²) in [5.74, 6) is 0.271. The molecule has 9 heteroatoms. The van der Waals surface area contributed by atoms with Crippen LogP contribution in [-0.4, -0.2) is 55.2 Å². The Kier molecular flexibility index (Phi) is 13.5. The molecule has 2 aromatic carbocycles. The molecule has 0 radical (unpaired) electrons. The lowest BCUT2D eigenvalue weighted by Crippen LogP contribution is -2.12. The number of hydrogen-bond donors (Lipinski definition) is 1. The third kappa shape index (κ3) is 11.9. The lowest BCUT2D eigenvalue weighted by Gasteiger charge is -2.08. The summed E-state index contributed by atoms with van der Waals surface area (Å²) in [5, 5.41) is 8.70. The van der Waals surface area contributed by atoms with E-state index in [-0.39, 0.29) is 30.5 Å². The van der Waals surface area contributed by atoms with Crippen LogP contribution in [0.1, 0.15) is 25.3 Å². The van der Waals surface area contributed by atoms with E-state index in [1.54, 1.807) is 37.3 Å². The van der Waals surface area contributed by atoms with Gasteiger partial charge in [-0.2, -0.15) is 0 Å². The van der Waals surface area contributed by atoms with Crippen LogP contribution in [0, 0.1) is 0 Å². The average molecular weight is 541 g/mol. The normalized spacial score (nSPS) is 10.6. The van der Waals surface area contributed by atoms with Gasteiger partial charge in [0.15, 0.2) is 0 Å². The maximum absolute atomic E-state index is 12.3. The van der Waals surface area contributed by atoms with Crippen molar-refractivity contribution in [2.75, 3.05) is 33.0 Å². The minimum Gasteiger partial charge on any atom is -0.494 e. The van der Waals surface area contributed by atoms with E-state index in [1.165, 1.54) is 6.08 Å².